The average Bonchev–Trinajstić information content (AvgIpc) is 2.77. The molecule has 4 aromatic rings. The van der Waals surface area contributed by atoms with Crippen LogP contribution < -0.4 is 4.74 Å². The minimum atomic E-state index is -0.739. The zero-order valence-corrected chi connectivity index (χ0v) is 17.5. The third kappa shape index (κ3) is 2.41. The van der Waals surface area contributed by atoms with E-state index in [0.29, 0.717) is 12.8 Å². The van der Waals surface area contributed by atoms with Crippen LogP contribution in [0, 0.1) is 0 Å². The molecule has 148 valence electrons. The third-order valence-electron chi connectivity index (χ3n) is 6.86. The summed E-state index contributed by atoms with van der Waals surface area (Å²) in [4.78, 5) is 0. The Morgan fingerprint density at radius 1 is 0.767 bits per heavy atom. The van der Waals surface area contributed by atoms with E-state index in [1.807, 2.05) is 0 Å². The van der Waals surface area contributed by atoms with E-state index in [-0.39, 0.29) is 11.0 Å². The molecule has 1 unspecified atom stereocenters. The van der Waals surface area contributed by atoms with Crippen molar-refractivity contribution in [2.75, 3.05) is 0 Å². The molecule has 0 amide bonds. The highest BCUT2D eigenvalue weighted by Gasteiger charge is 2.48. The molecule has 6 rings (SSSR count). The van der Waals surface area contributed by atoms with Gasteiger partial charge in [-0.3, -0.25) is 0 Å². The van der Waals surface area contributed by atoms with E-state index >= 15 is 0 Å². The summed E-state index contributed by atoms with van der Waals surface area (Å²) in [6.07, 6.45) is 1.37. The van der Waals surface area contributed by atoms with Gasteiger partial charge >= 0.3 is 0 Å². The Morgan fingerprint density at radius 2 is 1.43 bits per heavy atom. The molecular weight excluding hydrogens is 364 g/mol. The minimum absolute atomic E-state index is 0.381. The summed E-state index contributed by atoms with van der Waals surface area (Å²) >= 11 is 0. The molecule has 1 aliphatic carbocycles. The van der Waals surface area contributed by atoms with Gasteiger partial charge in [-0.15, -0.1) is 0 Å². The van der Waals surface area contributed by atoms with E-state index in [4.69, 9.17) is 4.74 Å². The van der Waals surface area contributed by atoms with Gasteiger partial charge in [0.2, 0.25) is 0 Å². The molecule has 0 radical (unpaired) electrons. The van der Waals surface area contributed by atoms with Crippen molar-refractivity contribution in [1.29, 1.82) is 0 Å². The van der Waals surface area contributed by atoms with Crippen molar-refractivity contribution in [1.82, 2.24) is 0 Å². The van der Waals surface area contributed by atoms with Crippen LogP contribution in [0.5, 0.6) is 5.75 Å². The zero-order chi connectivity index (χ0) is 21.3. The molecule has 2 aliphatic rings. The second kappa shape index (κ2) is 6.22. The van der Waals surface area contributed by atoms with Crippen LogP contribution in [-0.2, 0) is 5.41 Å². The van der Waals surface area contributed by atoms with Crippen LogP contribution in [0.4, 0.5) is 0 Å². The molecule has 0 saturated heterocycles. The van der Waals surface area contributed by atoms with Gasteiger partial charge in [-0.2, -0.15) is 0 Å². The molecule has 30 heavy (non-hydrogen) atoms. The lowest BCUT2D eigenvalue weighted by atomic mass is 9.58. The number of benzene rings is 4. The average molecular weight is 392 g/mol. The molecule has 1 atom stereocenters. The molecule has 0 saturated carbocycles. The summed E-state index contributed by atoms with van der Waals surface area (Å²) in [5.41, 5.74) is 4.09. The van der Waals surface area contributed by atoms with Crippen molar-refractivity contribution in [3.8, 4) is 5.75 Å². The van der Waals surface area contributed by atoms with Crippen molar-refractivity contribution >= 4 is 10.8 Å². The van der Waals surface area contributed by atoms with Gasteiger partial charge < -0.3 is 4.74 Å². The maximum absolute atomic E-state index is 9.91. The quantitative estimate of drug-likeness (QED) is 0.350. The van der Waals surface area contributed by atoms with Crippen LogP contribution in [-0.4, -0.2) is 5.60 Å². The smallest absolute Gasteiger partial charge is 0.124 e. The lowest BCUT2D eigenvalue weighted by Gasteiger charge is -2.48. The molecule has 1 heteroatoms. The Kier molecular flexibility index (Phi) is 3.46. The first kappa shape index (κ1) is 16.7. The monoisotopic (exact) mass is 391 g/mol. The lowest BCUT2D eigenvalue weighted by Crippen LogP contribution is -2.41. The molecule has 4 aromatic carbocycles. The Balaban J connectivity index is 1.80. The number of hydrogen-bond donors (Lipinski definition) is 0. The first-order valence-corrected chi connectivity index (χ1v) is 10.8. The molecular formula is C29H26O. The van der Waals surface area contributed by atoms with E-state index in [1.165, 1.54) is 27.5 Å². The van der Waals surface area contributed by atoms with Crippen LogP contribution in [0.2, 0.25) is 0 Å². The largest absolute Gasteiger partial charge is 0.488 e. The van der Waals surface area contributed by atoms with Gasteiger partial charge in [0.05, 0.1) is 0 Å². The van der Waals surface area contributed by atoms with Gasteiger partial charge in [-0.25, -0.2) is 0 Å². The van der Waals surface area contributed by atoms with Crippen LogP contribution in [0.3, 0.4) is 0 Å². The van der Waals surface area contributed by atoms with Crippen molar-refractivity contribution < 1.29 is 6.11 Å². The highest BCUT2D eigenvalue weighted by atomic mass is 16.5. The van der Waals surface area contributed by atoms with Gasteiger partial charge in [0.25, 0.3) is 0 Å². The Hall–Kier alpha value is -3.06. The van der Waals surface area contributed by atoms with Crippen LogP contribution in [0.15, 0.2) is 91.0 Å². The number of rotatable bonds is 2. The number of hydrogen-bond acceptors (Lipinski definition) is 1. The topological polar surface area (TPSA) is 9.23 Å². The Bertz CT molecular complexity index is 1250. The van der Waals surface area contributed by atoms with Crippen molar-refractivity contribution in [3.63, 3.8) is 0 Å². The van der Waals surface area contributed by atoms with E-state index < -0.39 is 5.89 Å². The SMILES string of the molecule is [2H]C12CC(C)(C)Oc3ccc4cccc(c4c31)C(c1ccccc1)(c1ccccc1)C2. The first-order chi connectivity index (χ1) is 14.9. The summed E-state index contributed by atoms with van der Waals surface area (Å²) < 4.78 is 16.3. The lowest BCUT2D eigenvalue weighted by molar-refractivity contribution is 0.0679. The Labute approximate surface area is 179 Å². The fourth-order valence-electron chi connectivity index (χ4n) is 5.78. The van der Waals surface area contributed by atoms with Crippen LogP contribution >= 0.6 is 0 Å². The summed E-state index contributed by atoms with van der Waals surface area (Å²) in [7, 11) is 0. The maximum Gasteiger partial charge on any atom is 0.124 e. The highest BCUT2D eigenvalue weighted by molar-refractivity contribution is 5.94. The van der Waals surface area contributed by atoms with Gasteiger partial charge in [-0.05, 0) is 66.1 Å². The Morgan fingerprint density at radius 3 is 2.10 bits per heavy atom. The predicted octanol–water partition coefficient (Wildman–Crippen LogP) is 7.22. The van der Waals surface area contributed by atoms with Gasteiger partial charge in [0, 0.05) is 12.3 Å². The molecule has 1 heterocycles. The fraction of sp³-hybridized carbons (Fsp3) is 0.241. The molecule has 1 nitrogen and oxygen atoms in total. The molecule has 0 aromatic heterocycles. The third-order valence-corrected chi connectivity index (χ3v) is 6.86. The van der Waals surface area contributed by atoms with Crippen molar-refractivity contribution in [2.45, 2.75) is 43.6 Å². The second-order valence-electron chi connectivity index (χ2n) is 9.30. The van der Waals surface area contributed by atoms with Gasteiger partial charge in [-0.1, -0.05) is 84.9 Å². The molecule has 0 spiro atoms. The first-order valence-electron chi connectivity index (χ1n) is 11.3. The zero-order valence-electron chi connectivity index (χ0n) is 18.5. The van der Waals surface area contributed by atoms with Crippen molar-refractivity contribution in [3.05, 3.63) is 113 Å². The van der Waals surface area contributed by atoms with Crippen molar-refractivity contribution in [2.24, 2.45) is 0 Å². The normalized spacial score (nSPS) is 23.5. The summed E-state index contributed by atoms with van der Waals surface area (Å²) in [6, 6.07) is 32.4. The summed E-state index contributed by atoms with van der Waals surface area (Å²) in [5, 5.41) is 2.39. The standard InChI is InChI=1S/C29H26O/c1-28(2)18-21-19-29(22-11-5-3-6-12-22,23-13-7-4-8-14-23)24-15-9-10-20-16-17-25(30-28)27(21)26(20)24/h3-17,21H,18-19H2,1-2H3/i21D. The van der Waals surface area contributed by atoms with E-state index in [2.05, 4.69) is 105 Å². The summed E-state index contributed by atoms with van der Waals surface area (Å²) in [6.45, 7) is 4.23. The maximum atomic E-state index is 9.91. The second-order valence-corrected chi connectivity index (χ2v) is 9.30. The van der Waals surface area contributed by atoms with Gasteiger partial charge in [0.1, 0.15) is 11.4 Å². The predicted molar refractivity (Wildman–Crippen MR) is 123 cm³/mol. The molecule has 1 aliphatic heterocycles. The molecule has 0 bridgehead atoms. The molecule has 0 N–H and O–H groups in total. The minimum Gasteiger partial charge on any atom is -0.488 e. The molecule has 0 fully saturated rings. The number of ether oxygens (including phenoxy) is 1. The van der Waals surface area contributed by atoms with Gasteiger partial charge in [0.15, 0.2) is 0 Å². The van der Waals surface area contributed by atoms with Crippen LogP contribution in [0.25, 0.3) is 10.8 Å². The van der Waals surface area contributed by atoms with E-state index in [9.17, 15) is 1.37 Å². The van der Waals surface area contributed by atoms with Crippen LogP contribution in [0.1, 0.15) is 56.2 Å². The van der Waals surface area contributed by atoms with E-state index in [0.717, 1.165) is 11.3 Å². The highest BCUT2D eigenvalue weighted by Crippen LogP contribution is 2.58. The summed E-state index contributed by atoms with van der Waals surface area (Å²) in [5.74, 6) is 0.136. The van der Waals surface area contributed by atoms with E-state index in [1.54, 1.807) is 0 Å². The fourth-order valence-corrected chi connectivity index (χ4v) is 5.78.